The van der Waals surface area contributed by atoms with Crippen LogP contribution in [-0.4, -0.2) is 18.6 Å². The summed E-state index contributed by atoms with van der Waals surface area (Å²) in [6.45, 7) is 1.84. The summed E-state index contributed by atoms with van der Waals surface area (Å²) in [5, 5.41) is 6.20. The van der Waals surface area contributed by atoms with Crippen molar-refractivity contribution in [3.63, 3.8) is 0 Å². The van der Waals surface area contributed by atoms with Crippen molar-refractivity contribution in [3.05, 3.63) is 42.2 Å². The molecule has 7 heteroatoms. The average molecular weight is 266 g/mol. The van der Waals surface area contributed by atoms with Gasteiger partial charge in [0.15, 0.2) is 0 Å². The van der Waals surface area contributed by atoms with Crippen LogP contribution in [0.4, 0.5) is 5.69 Å². The molecule has 18 heavy (non-hydrogen) atoms. The maximum atomic E-state index is 12.0. The van der Waals surface area contributed by atoms with Crippen molar-refractivity contribution < 1.29 is 8.42 Å². The summed E-state index contributed by atoms with van der Waals surface area (Å²) < 4.78 is 26.4. The summed E-state index contributed by atoms with van der Waals surface area (Å²) in [6, 6.07) is 6.34. The second-order valence-electron chi connectivity index (χ2n) is 3.95. The molecule has 0 bridgehead atoms. The van der Waals surface area contributed by atoms with Crippen LogP contribution in [0.25, 0.3) is 0 Å². The van der Waals surface area contributed by atoms with Gasteiger partial charge in [0.1, 0.15) is 0 Å². The zero-order chi connectivity index (χ0) is 13.2. The zero-order valence-corrected chi connectivity index (χ0v) is 10.6. The Bertz CT molecular complexity index is 603. The van der Waals surface area contributed by atoms with Gasteiger partial charge in [-0.2, -0.15) is 5.10 Å². The second-order valence-corrected chi connectivity index (χ2v) is 5.63. The predicted octanol–water partition coefficient (Wildman–Crippen LogP) is 1.23. The lowest BCUT2D eigenvalue weighted by Gasteiger charge is -2.08. The van der Waals surface area contributed by atoms with Crippen molar-refractivity contribution in [2.24, 2.45) is 5.73 Å². The highest BCUT2D eigenvalue weighted by Crippen LogP contribution is 2.17. The van der Waals surface area contributed by atoms with Crippen molar-refractivity contribution in [3.8, 4) is 0 Å². The Morgan fingerprint density at radius 1 is 1.33 bits per heavy atom. The number of sulfonamides is 1. The number of rotatable bonds is 4. The molecule has 0 amide bonds. The van der Waals surface area contributed by atoms with Gasteiger partial charge in [0.2, 0.25) is 0 Å². The number of nitrogens with zero attached hydrogens (tertiary/aromatic N) is 1. The third kappa shape index (κ3) is 2.69. The van der Waals surface area contributed by atoms with Gasteiger partial charge in [-0.3, -0.25) is 9.82 Å². The molecule has 6 nitrogen and oxygen atoms in total. The topological polar surface area (TPSA) is 101 Å². The monoisotopic (exact) mass is 266 g/mol. The maximum absolute atomic E-state index is 12.0. The van der Waals surface area contributed by atoms with Crippen LogP contribution in [0.5, 0.6) is 0 Å². The highest BCUT2D eigenvalue weighted by molar-refractivity contribution is 7.92. The minimum absolute atomic E-state index is 0.122. The molecular formula is C11H14N4O2S. The van der Waals surface area contributed by atoms with Crippen LogP contribution in [-0.2, 0) is 10.0 Å². The first-order chi connectivity index (χ1) is 8.49. The number of nitrogens with two attached hydrogens (primary N) is 1. The summed E-state index contributed by atoms with van der Waals surface area (Å²) in [4.78, 5) is 0.188. The maximum Gasteiger partial charge on any atom is 0.261 e. The molecule has 0 aliphatic rings. The molecule has 1 aromatic heterocycles. The third-order valence-corrected chi connectivity index (χ3v) is 3.86. The summed E-state index contributed by atoms with van der Waals surface area (Å²) in [7, 11) is -3.58. The van der Waals surface area contributed by atoms with Crippen molar-refractivity contribution in [2.45, 2.75) is 17.9 Å². The smallest absolute Gasteiger partial charge is 0.261 e. The van der Waals surface area contributed by atoms with Gasteiger partial charge in [-0.1, -0.05) is 12.1 Å². The number of benzene rings is 1. The van der Waals surface area contributed by atoms with E-state index in [1.807, 2.05) is 6.92 Å². The Balaban J connectivity index is 2.25. The SMILES string of the molecule is CC(N)c1ccc(S(=O)(=O)Nc2cn[nH]c2)cc1. The van der Waals surface area contributed by atoms with E-state index in [0.29, 0.717) is 5.69 Å². The molecule has 1 heterocycles. The van der Waals surface area contributed by atoms with Gasteiger partial charge in [0, 0.05) is 12.2 Å². The van der Waals surface area contributed by atoms with Gasteiger partial charge >= 0.3 is 0 Å². The van der Waals surface area contributed by atoms with E-state index in [1.165, 1.54) is 24.5 Å². The number of nitrogens with one attached hydrogen (secondary N) is 2. The number of H-pyrrole nitrogens is 1. The minimum atomic E-state index is -3.58. The Hall–Kier alpha value is -1.86. The average Bonchev–Trinajstić information content (AvgIpc) is 2.81. The summed E-state index contributed by atoms with van der Waals surface area (Å²) in [6.07, 6.45) is 2.86. The fraction of sp³-hybridized carbons (Fsp3) is 0.182. The molecule has 0 fully saturated rings. The van der Waals surface area contributed by atoms with E-state index < -0.39 is 10.0 Å². The van der Waals surface area contributed by atoms with Crippen LogP contribution in [0.3, 0.4) is 0 Å². The van der Waals surface area contributed by atoms with Gasteiger partial charge < -0.3 is 5.73 Å². The van der Waals surface area contributed by atoms with Crippen LogP contribution in [0.1, 0.15) is 18.5 Å². The van der Waals surface area contributed by atoms with Crippen LogP contribution in [0, 0.1) is 0 Å². The largest absolute Gasteiger partial charge is 0.324 e. The fourth-order valence-corrected chi connectivity index (χ4v) is 2.51. The Morgan fingerprint density at radius 3 is 2.50 bits per heavy atom. The summed E-state index contributed by atoms with van der Waals surface area (Å²) in [5.74, 6) is 0. The minimum Gasteiger partial charge on any atom is -0.324 e. The highest BCUT2D eigenvalue weighted by Gasteiger charge is 2.14. The number of hydrogen-bond acceptors (Lipinski definition) is 4. The van der Waals surface area contributed by atoms with E-state index in [-0.39, 0.29) is 10.9 Å². The fourth-order valence-electron chi connectivity index (χ4n) is 1.47. The Morgan fingerprint density at radius 2 is 2.00 bits per heavy atom. The molecule has 0 radical (unpaired) electrons. The van der Waals surface area contributed by atoms with Crippen molar-refractivity contribution >= 4 is 15.7 Å². The van der Waals surface area contributed by atoms with Crippen molar-refractivity contribution in [1.82, 2.24) is 10.2 Å². The van der Waals surface area contributed by atoms with E-state index in [9.17, 15) is 8.42 Å². The van der Waals surface area contributed by atoms with E-state index in [2.05, 4.69) is 14.9 Å². The Kier molecular flexibility index (Phi) is 3.35. The van der Waals surface area contributed by atoms with Crippen molar-refractivity contribution in [1.29, 1.82) is 0 Å². The summed E-state index contributed by atoms with van der Waals surface area (Å²) in [5.41, 5.74) is 6.99. The molecule has 1 unspecified atom stereocenters. The first-order valence-corrected chi connectivity index (χ1v) is 6.84. The molecule has 0 saturated heterocycles. The van der Waals surface area contributed by atoms with Gasteiger partial charge in [0.25, 0.3) is 10.0 Å². The number of anilines is 1. The van der Waals surface area contributed by atoms with Gasteiger partial charge in [-0.25, -0.2) is 8.42 Å². The van der Waals surface area contributed by atoms with Crippen molar-refractivity contribution in [2.75, 3.05) is 4.72 Å². The summed E-state index contributed by atoms with van der Waals surface area (Å²) >= 11 is 0. The Labute approximate surface area is 105 Å². The van der Waals surface area contributed by atoms with Crippen LogP contribution in [0.15, 0.2) is 41.6 Å². The molecule has 0 saturated carbocycles. The molecule has 2 rings (SSSR count). The second kappa shape index (κ2) is 4.79. The third-order valence-electron chi connectivity index (χ3n) is 2.47. The van der Waals surface area contributed by atoms with Gasteiger partial charge in [-0.05, 0) is 24.6 Å². The molecule has 2 aromatic rings. The first-order valence-electron chi connectivity index (χ1n) is 5.36. The number of aromatic nitrogens is 2. The molecular weight excluding hydrogens is 252 g/mol. The lowest BCUT2D eigenvalue weighted by Crippen LogP contribution is -2.13. The zero-order valence-electron chi connectivity index (χ0n) is 9.79. The normalized spacial score (nSPS) is 13.2. The van der Waals surface area contributed by atoms with E-state index >= 15 is 0 Å². The quantitative estimate of drug-likeness (QED) is 0.774. The lowest BCUT2D eigenvalue weighted by molar-refractivity contribution is 0.601. The lowest BCUT2D eigenvalue weighted by atomic mass is 10.1. The number of aromatic amines is 1. The molecule has 1 atom stereocenters. The van der Waals surface area contributed by atoms with Crippen LogP contribution < -0.4 is 10.5 Å². The molecule has 1 aromatic carbocycles. The molecule has 0 spiro atoms. The van der Waals surface area contributed by atoms with Gasteiger partial charge in [-0.15, -0.1) is 0 Å². The molecule has 0 aliphatic carbocycles. The standard InChI is InChI=1S/C11H14N4O2S/c1-8(12)9-2-4-11(5-3-9)18(16,17)15-10-6-13-14-7-10/h2-8,15H,12H2,1H3,(H,13,14). The van der Waals surface area contributed by atoms with E-state index in [4.69, 9.17) is 5.73 Å². The molecule has 0 aliphatic heterocycles. The van der Waals surface area contributed by atoms with E-state index in [0.717, 1.165) is 5.56 Å². The molecule has 96 valence electrons. The molecule has 4 N–H and O–H groups in total. The first kappa shape index (κ1) is 12.6. The highest BCUT2D eigenvalue weighted by atomic mass is 32.2. The predicted molar refractivity (Wildman–Crippen MR) is 68.4 cm³/mol. The van der Waals surface area contributed by atoms with Crippen LogP contribution in [0.2, 0.25) is 0 Å². The van der Waals surface area contributed by atoms with Crippen LogP contribution >= 0.6 is 0 Å². The van der Waals surface area contributed by atoms with E-state index in [1.54, 1.807) is 12.1 Å². The van der Waals surface area contributed by atoms with Gasteiger partial charge in [0.05, 0.1) is 16.8 Å². The number of hydrogen-bond donors (Lipinski definition) is 3.